The lowest BCUT2D eigenvalue weighted by Crippen LogP contribution is -1.94. The van der Waals surface area contributed by atoms with Crippen molar-refractivity contribution in [1.29, 1.82) is 0 Å². The highest BCUT2D eigenvalue weighted by molar-refractivity contribution is 6.23. The summed E-state index contributed by atoms with van der Waals surface area (Å²) in [5.41, 5.74) is 8.35. The molecule has 1 heterocycles. The van der Waals surface area contributed by atoms with Crippen LogP contribution in [-0.4, -0.2) is 4.98 Å². The Morgan fingerprint density at radius 3 is 1.50 bits per heavy atom. The molecule has 0 amide bonds. The van der Waals surface area contributed by atoms with Gasteiger partial charge in [0.1, 0.15) is 0 Å². The lowest BCUT2D eigenvalue weighted by atomic mass is 9.84. The van der Waals surface area contributed by atoms with Crippen LogP contribution in [0.25, 0.3) is 76.6 Å². The Hall–Kier alpha value is -5.27. The largest absolute Gasteiger partial charge is 0.256 e. The monoisotopic (exact) mass is 507 g/mol. The molecule has 40 heavy (non-hydrogen) atoms. The standard InChI is InChI=1S/C39H25N/c1-3-16-28-26(12-1)14-9-22-30(28)31-18-5-6-19-33(31)37-34-20-7-8-21-35(34)38(39-36(37)24-11-25-40-39)32-23-10-15-27-13-2-4-17-29(27)32/h1-25H. The van der Waals surface area contributed by atoms with Gasteiger partial charge >= 0.3 is 0 Å². The van der Waals surface area contributed by atoms with Gasteiger partial charge in [-0.3, -0.25) is 4.98 Å². The van der Waals surface area contributed by atoms with Crippen molar-refractivity contribution in [3.63, 3.8) is 0 Å². The molecule has 0 unspecified atom stereocenters. The summed E-state index contributed by atoms with van der Waals surface area (Å²) in [6.45, 7) is 0. The Kier molecular flexibility index (Phi) is 5.21. The summed E-state index contributed by atoms with van der Waals surface area (Å²) in [6, 6.07) is 52.4. The normalized spacial score (nSPS) is 11.5. The summed E-state index contributed by atoms with van der Waals surface area (Å²) in [4.78, 5) is 5.05. The quantitative estimate of drug-likeness (QED) is 0.217. The number of rotatable bonds is 3. The summed E-state index contributed by atoms with van der Waals surface area (Å²) in [5, 5.41) is 8.60. The van der Waals surface area contributed by atoms with E-state index >= 15 is 0 Å². The average Bonchev–Trinajstić information content (AvgIpc) is 3.03. The first kappa shape index (κ1) is 22.7. The van der Waals surface area contributed by atoms with E-state index in [2.05, 4.69) is 146 Å². The van der Waals surface area contributed by atoms with E-state index in [0.29, 0.717) is 0 Å². The van der Waals surface area contributed by atoms with Gasteiger partial charge in [-0.25, -0.2) is 0 Å². The number of pyridine rings is 1. The zero-order valence-corrected chi connectivity index (χ0v) is 21.9. The van der Waals surface area contributed by atoms with Gasteiger partial charge in [-0.15, -0.1) is 0 Å². The van der Waals surface area contributed by atoms with Crippen molar-refractivity contribution in [2.24, 2.45) is 0 Å². The van der Waals surface area contributed by atoms with E-state index in [1.807, 2.05) is 6.20 Å². The fourth-order valence-corrected chi connectivity index (χ4v) is 6.40. The average molecular weight is 508 g/mol. The van der Waals surface area contributed by atoms with Crippen LogP contribution in [0.5, 0.6) is 0 Å². The molecular weight excluding hydrogens is 482 g/mol. The number of hydrogen-bond acceptors (Lipinski definition) is 1. The predicted octanol–water partition coefficient (Wildman–Crippen LogP) is 10.7. The lowest BCUT2D eigenvalue weighted by Gasteiger charge is -2.20. The Balaban J connectivity index is 1.52. The van der Waals surface area contributed by atoms with Crippen molar-refractivity contribution >= 4 is 43.2 Å². The molecule has 186 valence electrons. The predicted molar refractivity (Wildman–Crippen MR) is 171 cm³/mol. The molecule has 1 heteroatoms. The summed E-state index contributed by atoms with van der Waals surface area (Å²) < 4.78 is 0. The molecule has 0 aliphatic carbocycles. The van der Waals surface area contributed by atoms with Crippen LogP contribution in [0.2, 0.25) is 0 Å². The Morgan fingerprint density at radius 1 is 0.300 bits per heavy atom. The second-order valence-electron chi connectivity index (χ2n) is 10.3. The molecule has 0 saturated heterocycles. The number of hydrogen-bond donors (Lipinski definition) is 0. The van der Waals surface area contributed by atoms with Crippen LogP contribution in [0.4, 0.5) is 0 Å². The van der Waals surface area contributed by atoms with Crippen LogP contribution in [0, 0.1) is 0 Å². The first-order chi connectivity index (χ1) is 19.9. The van der Waals surface area contributed by atoms with E-state index in [9.17, 15) is 0 Å². The molecule has 0 spiro atoms. The molecule has 1 aromatic heterocycles. The first-order valence-electron chi connectivity index (χ1n) is 13.7. The molecule has 0 radical (unpaired) electrons. The van der Waals surface area contributed by atoms with Crippen LogP contribution in [-0.2, 0) is 0 Å². The maximum atomic E-state index is 5.05. The van der Waals surface area contributed by atoms with E-state index in [-0.39, 0.29) is 0 Å². The van der Waals surface area contributed by atoms with Gasteiger partial charge in [0.15, 0.2) is 0 Å². The van der Waals surface area contributed by atoms with Crippen LogP contribution >= 0.6 is 0 Å². The fraction of sp³-hybridized carbons (Fsp3) is 0. The van der Waals surface area contributed by atoms with Gasteiger partial charge in [0, 0.05) is 17.1 Å². The third-order valence-electron chi connectivity index (χ3n) is 8.11. The molecule has 0 bridgehead atoms. The van der Waals surface area contributed by atoms with Gasteiger partial charge in [-0.05, 0) is 66.2 Å². The van der Waals surface area contributed by atoms with E-state index < -0.39 is 0 Å². The maximum Gasteiger partial charge on any atom is 0.0793 e. The molecule has 0 fully saturated rings. The Labute approximate surface area is 233 Å². The second kappa shape index (κ2) is 9.18. The third kappa shape index (κ3) is 3.45. The molecular formula is C39H25N. The topological polar surface area (TPSA) is 12.9 Å². The summed E-state index contributed by atoms with van der Waals surface area (Å²) in [7, 11) is 0. The van der Waals surface area contributed by atoms with Gasteiger partial charge in [-0.2, -0.15) is 0 Å². The minimum atomic E-state index is 1.03. The molecule has 7 aromatic carbocycles. The van der Waals surface area contributed by atoms with E-state index in [1.165, 1.54) is 65.7 Å². The van der Waals surface area contributed by atoms with Crippen molar-refractivity contribution in [3.05, 3.63) is 152 Å². The molecule has 0 aliphatic heterocycles. The molecule has 8 aromatic rings. The van der Waals surface area contributed by atoms with Crippen LogP contribution in [0.1, 0.15) is 0 Å². The molecule has 0 atom stereocenters. The fourth-order valence-electron chi connectivity index (χ4n) is 6.40. The van der Waals surface area contributed by atoms with Crippen molar-refractivity contribution in [3.8, 4) is 33.4 Å². The SMILES string of the molecule is c1ccc(-c2c3ccccc3c(-c3cccc4ccccc34)c3ncccc23)c(-c2cccc3ccccc23)c1. The number of nitrogens with zero attached hydrogens (tertiary/aromatic N) is 1. The maximum absolute atomic E-state index is 5.05. The van der Waals surface area contributed by atoms with E-state index in [0.717, 1.165) is 10.9 Å². The number of aromatic nitrogens is 1. The van der Waals surface area contributed by atoms with Crippen molar-refractivity contribution in [2.45, 2.75) is 0 Å². The molecule has 0 aliphatic rings. The highest BCUT2D eigenvalue weighted by atomic mass is 14.7. The molecule has 0 saturated carbocycles. The van der Waals surface area contributed by atoms with Crippen molar-refractivity contribution in [1.82, 2.24) is 4.98 Å². The third-order valence-corrected chi connectivity index (χ3v) is 8.11. The van der Waals surface area contributed by atoms with Gasteiger partial charge in [0.05, 0.1) is 5.52 Å². The summed E-state index contributed by atoms with van der Waals surface area (Å²) >= 11 is 0. The number of benzene rings is 7. The van der Waals surface area contributed by atoms with Crippen LogP contribution < -0.4 is 0 Å². The van der Waals surface area contributed by atoms with Gasteiger partial charge in [-0.1, -0.05) is 140 Å². The minimum Gasteiger partial charge on any atom is -0.256 e. The van der Waals surface area contributed by atoms with Crippen LogP contribution in [0.15, 0.2) is 152 Å². The highest BCUT2D eigenvalue weighted by Gasteiger charge is 2.20. The van der Waals surface area contributed by atoms with Crippen molar-refractivity contribution in [2.75, 3.05) is 0 Å². The van der Waals surface area contributed by atoms with Gasteiger partial charge in [0.25, 0.3) is 0 Å². The van der Waals surface area contributed by atoms with Crippen molar-refractivity contribution < 1.29 is 0 Å². The first-order valence-corrected chi connectivity index (χ1v) is 13.7. The Bertz CT molecular complexity index is 2160. The van der Waals surface area contributed by atoms with Gasteiger partial charge < -0.3 is 0 Å². The highest BCUT2D eigenvalue weighted by Crippen LogP contribution is 2.47. The smallest absolute Gasteiger partial charge is 0.0793 e. The summed E-state index contributed by atoms with van der Waals surface area (Å²) in [6.07, 6.45) is 1.92. The number of fused-ring (bicyclic) bond motifs is 4. The Morgan fingerprint density at radius 2 is 0.775 bits per heavy atom. The van der Waals surface area contributed by atoms with E-state index in [1.54, 1.807) is 0 Å². The second-order valence-corrected chi connectivity index (χ2v) is 10.3. The molecule has 0 N–H and O–H groups in total. The molecule has 8 rings (SSSR count). The minimum absolute atomic E-state index is 1.03. The van der Waals surface area contributed by atoms with Crippen LogP contribution in [0.3, 0.4) is 0 Å². The molecule has 1 nitrogen and oxygen atoms in total. The summed E-state index contributed by atoms with van der Waals surface area (Å²) in [5.74, 6) is 0. The zero-order chi connectivity index (χ0) is 26.5. The lowest BCUT2D eigenvalue weighted by molar-refractivity contribution is 1.42. The zero-order valence-electron chi connectivity index (χ0n) is 21.9. The van der Waals surface area contributed by atoms with Gasteiger partial charge in [0.2, 0.25) is 0 Å². The van der Waals surface area contributed by atoms with E-state index in [4.69, 9.17) is 4.98 Å².